The maximum absolute atomic E-state index is 13.1. The lowest BCUT2D eigenvalue weighted by molar-refractivity contribution is -0.149. The minimum Gasteiger partial charge on any atom is -0.466 e. The molecule has 4 unspecified atom stereocenters. The summed E-state index contributed by atoms with van der Waals surface area (Å²) in [5, 5.41) is 10.7. The zero-order valence-electron chi connectivity index (χ0n) is 31.8. The molecule has 0 aromatic heterocycles. The van der Waals surface area contributed by atoms with Gasteiger partial charge in [0.25, 0.3) is 0 Å². The molecule has 0 aromatic carbocycles. The first-order chi connectivity index (χ1) is 22.5. The second kappa shape index (κ2) is 28.8. The summed E-state index contributed by atoms with van der Waals surface area (Å²) in [7, 11) is -2.67. The normalized spacial score (nSPS) is 14.7. The van der Waals surface area contributed by atoms with Crippen LogP contribution in [0.2, 0.25) is 6.04 Å². The second-order valence-electron chi connectivity index (χ2n) is 13.6. The molecule has 0 aliphatic carbocycles. The molecular weight excluding hydrogens is 616 g/mol. The van der Waals surface area contributed by atoms with Crippen LogP contribution in [0.25, 0.3) is 0 Å². The lowest BCUT2D eigenvalue weighted by atomic mass is 9.84. The van der Waals surface area contributed by atoms with Crippen molar-refractivity contribution in [3.63, 3.8) is 0 Å². The zero-order chi connectivity index (χ0) is 35.5. The number of carbonyl (C=O) groups excluding carboxylic acids is 2. The van der Waals surface area contributed by atoms with Crippen LogP contribution in [0.3, 0.4) is 0 Å². The van der Waals surface area contributed by atoms with Gasteiger partial charge in [0.2, 0.25) is 0 Å². The van der Waals surface area contributed by atoms with E-state index in [4.69, 9.17) is 27.5 Å². The molecule has 1 N–H and O–H groups in total. The molecule has 0 saturated carbocycles. The quantitative estimate of drug-likeness (QED) is 0.0423. The highest BCUT2D eigenvalue weighted by molar-refractivity contribution is 6.60. The molecular formula is C37H74O9Si. The van der Waals surface area contributed by atoms with Crippen molar-refractivity contribution in [2.75, 3.05) is 46.2 Å². The van der Waals surface area contributed by atoms with Crippen molar-refractivity contribution in [2.24, 2.45) is 29.6 Å². The average molecular weight is 691 g/mol. The summed E-state index contributed by atoms with van der Waals surface area (Å²) in [5.41, 5.74) is 0. The predicted molar refractivity (Wildman–Crippen MR) is 191 cm³/mol. The molecule has 10 heteroatoms. The topological polar surface area (TPSA) is 110 Å². The molecule has 0 saturated heterocycles. The van der Waals surface area contributed by atoms with E-state index < -0.39 is 14.9 Å². The fourth-order valence-corrected chi connectivity index (χ4v) is 8.71. The Kier molecular flexibility index (Phi) is 28.1. The highest BCUT2D eigenvalue weighted by Crippen LogP contribution is 2.28. The Bertz CT molecular complexity index is 747. The number of carbonyl (C=O) groups is 2. The monoisotopic (exact) mass is 691 g/mol. The van der Waals surface area contributed by atoms with Crippen molar-refractivity contribution in [2.45, 2.75) is 152 Å². The maximum atomic E-state index is 13.1. The predicted octanol–water partition coefficient (Wildman–Crippen LogP) is 8.38. The van der Waals surface area contributed by atoms with Crippen LogP contribution in [0.15, 0.2) is 0 Å². The van der Waals surface area contributed by atoms with Gasteiger partial charge in [-0.15, -0.1) is 0 Å². The number of hydrogen-bond donors (Lipinski definition) is 1. The summed E-state index contributed by atoms with van der Waals surface area (Å²) in [6.45, 7) is 21.9. The van der Waals surface area contributed by atoms with Crippen LogP contribution in [-0.2, 0) is 37.1 Å². The first kappa shape index (κ1) is 46.0. The minimum absolute atomic E-state index is 0.104. The standard InChI is InChI=1S/C37H74O9Si/c1-10-15-26-43-36(39)33(21-17-22-34(28-30(6)7)37(40)42-11-2)20-16-19-32(31(8)9)23-24-35(38)29-41-25-18-27-47(44-12-3,45-13-4)46-14-5/h30-35,38H,10-29H2,1-9H3. The summed E-state index contributed by atoms with van der Waals surface area (Å²) < 4.78 is 34.5. The Morgan fingerprint density at radius 2 is 1.21 bits per heavy atom. The van der Waals surface area contributed by atoms with Crippen molar-refractivity contribution in [1.29, 1.82) is 0 Å². The maximum Gasteiger partial charge on any atom is 0.501 e. The average Bonchev–Trinajstić information content (AvgIpc) is 3.01. The number of aliphatic hydroxyl groups is 1. The van der Waals surface area contributed by atoms with Crippen molar-refractivity contribution in [3.05, 3.63) is 0 Å². The summed E-state index contributed by atoms with van der Waals surface area (Å²) >= 11 is 0. The van der Waals surface area contributed by atoms with Gasteiger partial charge in [-0.1, -0.05) is 60.3 Å². The van der Waals surface area contributed by atoms with E-state index in [9.17, 15) is 14.7 Å². The van der Waals surface area contributed by atoms with Gasteiger partial charge in [-0.05, 0) is 96.8 Å². The van der Waals surface area contributed by atoms with E-state index in [2.05, 4.69) is 34.6 Å². The van der Waals surface area contributed by atoms with Crippen LogP contribution in [0, 0.1) is 29.6 Å². The van der Waals surface area contributed by atoms with Crippen molar-refractivity contribution >= 4 is 20.7 Å². The van der Waals surface area contributed by atoms with Gasteiger partial charge in [0.15, 0.2) is 0 Å². The Labute approximate surface area is 289 Å². The van der Waals surface area contributed by atoms with Gasteiger partial charge in [0.1, 0.15) is 0 Å². The van der Waals surface area contributed by atoms with Crippen molar-refractivity contribution < 1.29 is 42.2 Å². The molecule has 0 aliphatic heterocycles. The Balaban J connectivity index is 4.87. The molecule has 0 spiro atoms. The molecule has 0 rings (SSSR count). The molecule has 0 amide bonds. The minimum atomic E-state index is -2.67. The lowest BCUT2D eigenvalue weighted by Gasteiger charge is -2.28. The summed E-state index contributed by atoms with van der Waals surface area (Å²) in [4.78, 5) is 25.6. The van der Waals surface area contributed by atoms with Crippen LogP contribution in [0.1, 0.15) is 139 Å². The summed E-state index contributed by atoms with van der Waals surface area (Å²) in [6.07, 6.45) is 9.49. The third-order valence-corrected chi connectivity index (χ3v) is 11.8. The fourth-order valence-electron chi connectivity index (χ4n) is 6.13. The third-order valence-electron chi connectivity index (χ3n) is 8.67. The van der Waals surface area contributed by atoms with Crippen LogP contribution in [0.4, 0.5) is 0 Å². The Morgan fingerprint density at radius 1 is 0.638 bits per heavy atom. The van der Waals surface area contributed by atoms with E-state index in [1.165, 1.54) is 0 Å². The molecule has 47 heavy (non-hydrogen) atoms. The molecule has 0 fully saturated rings. The fraction of sp³-hybridized carbons (Fsp3) is 0.946. The van der Waals surface area contributed by atoms with Crippen LogP contribution >= 0.6 is 0 Å². The number of hydrogen-bond acceptors (Lipinski definition) is 9. The van der Waals surface area contributed by atoms with Gasteiger partial charge in [-0.2, -0.15) is 0 Å². The van der Waals surface area contributed by atoms with E-state index >= 15 is 0 Å². The third kappa shape index (κ3) is 22.3. The molecule has 280 valence electrons. The Morgan fingerprint density at radius 3 is 1.74 bits per heavy atom. The van der Waals surface area contributed by atoms with Gasteiger partial charge in [-0.3, -0.25) is 9.59 Å². The summed E-state index contributed by atoms with van der Waals surface area (Å²) in [6, 6.07) is 0.700. The van der Waals surface area contributed by atoms with Gasteiger partial charge >= 0.3 is 20.7 Å². The van der Waals surface area contributed by atoms with Crippen LogP contribution in [0.5, 0.6) is 0 Å². The highest BCUT2D eigenvalue weighted by Gasteiger charge is 2.39. The molecule has 0 heterocycles. The van der Waals surface area contributed by atoms with Gasteiger partial charge in [0.05, 0.1) is 37.8 Å². The molecule has 0 aromatic rings. The Hall–Kier alpha value is -1.04. The molecule has 0 bridgehead atoms. The van der Waals surface area contributed by atoms with Crippen LogP contribution in [-0.4, -0.2) is 78.2 Å². The van der Waals surface area contributed by atoms with Crippen molar-refractivity contribution in [1.82, 2.24) is 0 Å². The molecule has 9 nitrogen and oxygen atoms in total. The smallest absolute Gasteiger partial charge is 0.466 e. The number of aliphatic hydroxyl groups excluding tert-OH is 1. The number of ether oxygens (including phenoxy) is 3. The lowest BCUT2D eigenvalue weighted by Crippen LogP contribution is -2.46. The largest absolute Gasteiger partial charge is 0.501 e. The molecule has 0 radical (unpaired) electrons. The number of rotatable bonds is 32. The molecule has 4 atom stereocenters. The van der Waals surface area contributed by atoms with E-state index in [0.717, 1.165) is 70.6 Å². The van der Waals surface area contributed by atoms with E-state index in [-0.39, 0.29) is 23.8 Å². The zero-order valence-corrected chi connectivity index (χ0v) is 32.8. The first-order valence-electron chi connectivity index (χ1n) is 19.0. The van der Waals surface area contributed by atoms with Gasteiger partial charge < -0.3 is 32.6 Å². The SMILES string of the molecule is CCCCOC(=O)C(CCCC(CC(C)C)C(=O)OCC)CCCC(CCC(O)COCCC[Si](OCC)(OCC)OCC)C(C)C. The van der Waals surface area contributed by atoms with E-state index in [0.29, 0.717) is 76.5 Å². The van der Waals surface area contributed by atoms with E-state index in [1.54, 1.807) is 0 Å². The second-order valence-corrected chi connectivity index (χ2v) is 16.3. The van der Waals surface area contributed by atoms with Crippen molar-refractivity contribution in [3.8, 4) is 0 Å². The van der Waals surface area contributed by atoms with Gasteiger partial charge in [0, 0.05) is 32.5 Å². The van der Waals surface area contributed by atoms with E-state index in [1.807, 2.05) is 27.7 Å². The summed E-state index contributed by atoms with van der Waals surface area (Å²) in [5.74, 6) is 0.838. The first-order valence-corrected chi connectivity index (χ1v) is 20.9. The number of esters is 2. The van der Waals surface area contributed by atoms with Gasteiger partial charge in [-0.25, -0.2) is 0 Å². The molecule has 0 aliphatic rings. The van der Waals surface area contributed by atoms with Crippen LogP contribution < -0.4 is 0 Å². The highest BCUT2D eigenvalue weighted by atomic mass is 28.4. The number of unbranched alkanes of at least 4 members (excludes halogenated alkanes) is 1.